The van der Waals surface area contributed by atoms with Crippen LogP contribution in [-0.2, 0) is 32.8 Å². The Hall–Kier alpha value is 1.41. The van der Waals surface area contributed by atoms with E-state index in [-0.39, 0.29) is 16.5 Å². The van der Waals surface area contributed by atoms with Crippen LogP contribution in [0.15, 0.2) is 0 Å². The Morgan fingerprint density at radius 3 is 1.67 bits per heavy atom. The molecule has 0 rings (SSSR count). The number of unbranched alkanes of at least 4 members (excludes halogenated alkanes) is 12. The maximum Gasteiger partial charge on any atom is 0.0513 e. The van der Waals surface area contributed by atoms with Crippen LogP contribution >= 0.6 is 17.1 Å². The van der Waals surface area contributed by atoms with Crippen molar-refractivity contribution in [2.75, 3.05) is 12.4 Å². The van der Waals surface area contributed by atoms with E-state index in [2.05, 4.69) is 13.8 Å². The second-order valence-electron chi connectivity index (χ2n) is 6.36. The van der Waals surface area contributed by atoms with Crippen molar-refractivity contribution >= 4 is 28.9 Å². The van der Waals surface area contributed by atoms with E-state index in [1.54, 1.807) is 0 Å². The first-order valence-corrected chi connectivity index (χ1v) is 14.0. The normalized spacial score (nSPS) is 13.5. The summed E-state index contributed by atoms with van der Waals surface area (Å²) in [7, 11) is 0. The van der Waals surface area contributed by atoms with Crippen LogP contribution in [0.4, 0.5) is 0 Å². The van der Waals surface area contributed by atoms with Crippen LogP contribution in [0.3, 0.4) is 0 Å². The third kappa shape index (κ3) is 21.5. The summed E-state index contributed by atoms with van der Waals surface area (Å²) in [4.78, 5) is 12.1. The van der Waals surface area contributed by atoms with Crippen LogP contribution in [0.5, 0.6) is 0 Å². The molecule has 1 unspecified atom stereocenters. The Bertz CT molecular complexity index is 270. The van der Waals surface area contributed by atoms with E-state index in [0.717, 1.165) is 18.6 Å². The Balaban J connectivity index is 0. The number of rotatable bonds is 18. The molecular weight excluding hydrogens is 402 g/mol. The fraction of sp³-hybridized carbons (Fsp3) is 1.00. The van der Waals surface area contributed by atoms with Gasteiger partial charge in [-0.3, -0.25) is 0 Å². The minimum atomic E-state index is -2.82. The molecular formula is C18H38NiO2PS2-. The molecule has 6 heteroatoms. The molecule has 0 heterocycles. The van der Waals surface area contributed by atoms with Crippen molar-refractivity contribution in [2.24, 2.45) is 0 Å². The fourth-order valence-corrected chi connectivity index (χ4v) is 5.89. The summed E-state index contributed by atoms with van der Waals surface area (Å²) in [5.41, 5.74) is -2.82. The van der Waals surface area contributed by atoms with Gasteiger partial charge >= 0.3 is 0 Å². The van der Waals surface area contributed by atoms with Gasteiger partial charge in [-0.25, -0.2) is 0 Å². The average Bonchev–Trinajstić information content (AvgIpc) is 2.52. The van der Waals surface area contributed by atoms with E-state index in [1.807, 2.05) is 0 Å². The van der Waals surface area contributed by atoms with Gasteiger partial charge in [0.25, 0.3) is 0 Å². The summed E-state index contributed by atoms with van der Waals surface area (Å²) < 4.78 is 5.45. The molecule has 0 N–H and O–H groups in total. The summed E-state index contributed by atoms with van der Waals surface area (Å²) in [6, 6.07) is 0. The Kier molecular flexibility index (Phi) is 23.9. The molecule has 0 amide bonds. The predicted octanol–water partition coefficient (Wildman–Crippen LogP) is 6.82. The summed E-state index contributed by atoms with van der Waals surface area (Å²) in [6.07, 6.45) is 17.7. The van der Waals surface area contributed by atoms with Gasteiger partial charge in [-0.15, -0.1) is 11.4 Å². The Morgan fingerprint density at radius 2 is 1.17 bits per heavy atom. The van der Waals surface area contributed by atoms with Crippen molar-refractivity contribution < 1.29 is 25.9 Å². The molecule has 0 aliphatic heterocycles. The van der Waals surface area contributed by atoms with Crippen LogP contribution in [0.2, 0.25) is 0 Å². The van der Waals surface area contributed by atoms with Crippen molar-refractivity contribution in [1.82, 2.24) is 0 Å². The maximum atomic E-state index is 12.1. The summed E-state index contributed by atoms with van der Waals surface area (Å²) in [6.45, 7) is 5.04. The van der Waals surface area contributed by atoms with Gasteiger partial charge in [0.1, 0.15) is 0 Å². The first kappa shape index (κ1) is 27.6. The minimum absolute atomic E-state index is 0. The van der Waals surface area contributed by atoms with E-state index >= 15 is 0 Å². The third-order valence-electron chi connectivity index (χ3n) is 3.99. The summed E-state index contributed by atoms with van der Waals surface area (Å²) in [5.74, 6) is 0.881. The van der Waals surface area contributed by atoms with Crippen LogP contribution in [0, 0.1) is 0 Å². The zero-order valence-corrected chi connectivity index (χ0v) is 19.2. The average molecular weight is 440 g/mol. The molecule has 0 aliphatic carbocycles. The number of hydrogen-bond acceptors (Lipinski definition) is 4. The van der Waals surface area contributed by atoms with Crippen LogP contribution < -0.4 is 4.89 Å². The topological polar surface area (TPSA) is 32.3 Å². The van der Waals surface area contributed by atoms with Crippen LogP contribution in [0.1, 0.15) is 104 Å². The van der Waals surface area contributed by atoms with Crippen molar-refractivity contribution in [1.29, 1.82) is 0 Å². The van der Waals surface area contributed by atoms with Crippen LogP contribution in [-0.4, -0.2) is 12.4 Å². The summed E-state index contributed by atoms with van der Waals surface area (Å²) >= 11 is 6.48. The molecule has 0 aromatic rings. The molecule has 0 saturated heterocycles. The van der Waals surface area contributed by atoms with Gasteiger partial charge in [0.15, 0.2) is 0 Å². The second-order valence-corrected chi connectivity index (χ2v) is 12.5. The molecule has 0 aromatic carbocycles. The molecule has 0 spiro atoms. The minimum Gasteiger partial charge on any atom is -0.793 e. The second kappa shape index (κ2) is 20.7. The quantitative estimate of drug-likeness (QED) is 0.133. The van der Waals surface area contributed by atoms with Crippen molar-refractivity contribution in [2.45, 2.75) is 104 Å². The first-order valence-electron chi connectivity index (χ1n) is 9.72. The third-order valence-corrected chi connectivity index (χ3v) is 8.36. The van der Waals surface area contributed by atoms with E-state index in [0.29, 0.717) is 6.61 Å². The first-order chi connectivity index (χ1) is 11.1. The molecule has 1 atom stereocenters. The number of hydrogen-bond donors (Lipinski definition) is 0. The Labute approximate surface area is 170 Å². The fourth-order valence-electron chi connectivity index (χ4n) is 2.51. The SMILES string of the molecule is CCCCCCCCCOP([O-])(=S)SCCCCCCCCC.[Ni]. The van der Waals surface area contributed by atoms with Gasteiger partial charge in [-0.1, -0.05) is 103 Å². The molecule has 0 saturated carbocycles. The van der Waals surface area contributed by atoms with Crippen molar-refractivity contribution in [3.8, 4) is 0 Å². The molecule has 0 bridgehead atoms. The molecule has 0 radical (unpaired) electrons. The zero-order chi connectivity index (χ0) is 17.2. The van der Waals surface area contributed by atoms with Crippen LogP contribution in [0.25, 0.3) is 0 Å². The Morgan fingerprint density at radius 1 is 0.750 bits per heavy atom. The molecule has 0 fully saturated rings. The van der Waals surface area contributed by atoms with E-state index in [4.69, 9.17) is 16.3 Å². The largest absolute Gasteiger partial charge is 0.793 e. The molecule has 0 aliphatic rings. The van der Waals surface area contributed by atoms with E-state index in [1.165, 1.54) is 88.4 Å². The molecule has 2 nitrogen and oxygen atoms in total. The summed E-state index contributed by atoms with van der Waals surface area (Å²) in [5, 5.41) is 0. The standard InChI is InChI=1S/C18H39O2PS2.Ni/c1-3-5-7-9-11-13-15-17-20-21(19,22)23-18-16-14-12-10-8-6-4-2;/h3-18H2,1-2H3,(H,19,22);/p-1. The predicted molar refractivity (Wildman–Crippen MR) is 109 cm³/mol. The van der Waals surface area contributed by atoms with E-state index < -0.39 is 5.69 Å². The monoisotopic (exact) mass is 439 g/mol. The van der Waals surface area contributed by atoms with Crippen molar-refractivity contribution in [3.63, 3.8) is 0 Å². The van der Waals surface area contributed by atoms with Gasteiger partial charge in [-0.05, 0) is 18.6 Å². The van der Waals surface area contributed by atoms with Gasteiger partial charge in [0.05, 0.1) is 6.61 Å². The van der Waals surface area contributed by atoms with Gasteiger partial charge in [0, 0.05) is 22.2 Å². The smallest absolute Gasteiger partial charge is 0.0513 e. The zero-order valence-electron chi connectivity index (χ0n) is 15.7. The molecule has 24 heavy (non-hydrogen) atoms. The van der Waals surface area contributed by atoms with E-state index in [9.17, 15) is 4.89 Å². The maximum absolute atomic E-state index is 12.1. The molecule has 150 valence electrons. The van der Waals surface area contributed by atoms with Crippen molar-refractivity contribution in [3.05, 3.63) is 0 Å². The van der Waals surface area contributed by atoms with Gasteiger partial charge in [-0.2, -0.15) is 0 Å². The molecule has 0 aromatic heterocycles. The van der Waals surface area contributed by atoms with Gasteiger partial charge < -0.3 is 9.42 Å². The van der Waals surface area contributed by atoms with Gasteiger partial charge in [0.2, 0.25) is 0 Å².